The van der Waals surface area contributed by atoms with Gasteiger partial charge in [-0.1, -0.05) is 6.07 Å². The number of likely N-dealkylation sites (tertiary alicyclic amines) is 1. The first-order valence-corrected chi connectivity index (χ1v) is 13.7. The second-order valence-electron chi connectivity index (χ2n) is 10.1. The molecule has 212 valence electrons. The number of hydrogen-bond donors (Lipinski definition) is 1. The van der Waals surface area contributed by atoms with Gasteiger partial charge in [0.15, 0.2) is 11.3 Å². The number of fused-ring (bicyclic) bond motifs is 1. The fourth-order valence-electron chi connectivity index (χ4n) is 5.29. The zero-order chi connectivity index (χ0) is 28.9. The highest BCUT2D eigenvalue weighted by Gasteiger charge is 2.25. The first-order valence-electron chi connectivity index (χ1n) is 13.7. The molecule has 4 aromatic rings. The smallest absolute Gasteiger partial charge is 0.255 e. The number of furan rings is 1. The van der Waals surface area contributed by atoms with Gasteiger partial charge < -0.3 is 24.3 Å². The van der Waals surface area contributed by atoms with Gasteiger partial charge in [-0.05, 0) is 63.2 Å². The zero-order valence-electron chi connectivity index (χ0n) is 23.5. The van der Waals surface area contributed by atoms with E-state index >= 15 is 0 Å². The molecule has 2 aliphatic rings. The van der Waals surface area contributed by atoms with E-state index in [-0.39, 0.29) is 5.91 Å². The van der Waals surface area contributed by atoms with Gasteiger partial charge in [0.25, 0.3) is 5.91 Å². The highest BCUT2D eigenvalue weighted by molar-refractivity contribution is 5.96. The van der Waals surface area contributed by atoms with Crippen LogP contribution in [-0.4, -0.2) is 74.3 Å². The summed E-state index contributed by atoms with van der Waals surface area (Å²) in [7, 11) is 5.29. The van der Waals surface area contributed by atoms with Crippen LogP contribution in [0, 0.1) is 11.3 Å². The van der Waals surface area contributed by atoms with Crippen molar-refractivity contribution >= 4 is 22.7 Å². The summed E-state index contributed by atoms with van der Waals surface area (Å²) in [4.78, 5) is 25.6. The van der Waals surface area contributed by atoms with E-state index in [4.69, 9.17) is 9.15 Å². The second kappa shape index (κ2) is 12.4. The Hall–Kier alpha value is -4.49. The van der Waals surface area contributed by atoms with Crippen molar-refractivity contribution in [1.29, 1.82) is 5.26 Å². The van der Waals surface area contributed by atoms with Crippen LogP contribution >= 0.6 is 0 Å². The van der Waals surface area contributed by atoms with Crippen LogP contribution in [0.15, 0.2) is 53.2 Å². The van der Waals surface area contributed by atoms with Crippen LogP contribution in [0.3, 0.4) is 0 Å². The number of anilines is 1. The fraction of sp³-hybridized carbons (Fsp3) is 0.355. The van der Waals surface area contributed by atoms with Gasteiger partial charge in [-0.15, -0.1) is 0 Å². The van der Waals surface area contributed by atoms with E-state index in [0.717, 1.165) is 42.7 Å². The van der Waals surface area contributed by atoms with Crippen LogP contribution in [0.25, 0.3) is 33.7 Å². The molecule has 0 bridgehead atoms. The molecule has 1 aromatic carbocycles. The number of pyridine rings is 2. The number of nitriles is 1. The highest BCUT2D eigenvalue weighted by atomic mass is 19.1. The van der Waals surface area contributed by atoms with Gasteiger partial charge in [0.2, 0.25) is 0 Å². The molecule has 1 N–H and O–H groups in total. The molecule has 0 spiro atoms. The van der Waals surface area contributed by atoms with E-state index < -0.39 is 6.17 Å². The lowest BCUT2D eigenvalue weighted by Crippen LogP contribution is -2.27. The number of alkyl halides is 1. The normalized spacial score (nSPS) is 16.4. The first-order chi connectivity index (χ1) is 20.0. The van der Waals surface area contributed by atoms with Crippen molar-refractivity contribution in [3.63, 3.8) is 0 Å². The lowest BCUT2D eigenvalue weighted by Gasteiger charge is -2.19. The van der Waals surface area contributed by atoms with Crippen LogP contribution in [0.1, 0.15) is 35.2 Å². The number of hydrogen-bond acceptors (Lipinski definition) is 8. The van der Waals surface area contributed by atoms with Crippen molar-refractivity contribution in [2.75, 3.05) is 52.3 Å². The molecule has 1 atom stereocenters. The lowest BCUT2D eigenvalue weighted by atomic mass is 10.0. The Labute approximate surface area is 238 Å². The number of ether oxygens (including phenoxy) is 1. The molecule has 2 saturated heterocycles. The van der Waals surface area contributed by atoms with Crippen molar-refractivity contribution in [2.45, 2.75) is 25.4 Å². The quantitative estimate of drug-likeness (QED) is 0.364. The third-order valence-corrected chi connectivity index (χ3v) is 7.26. The van der Waals surface area contributed by atoms with E-state index in [1.165, 1.54) is 7.11 Å². The van der Waals surface area contributed by atoms with E-state index in [9.17, 15) is 14.4 Å². The maximum absolute atomic E-state index is 13.8. The van der Waals surface area contributed by atoms with Gasteiger partial charge in [-0.3, -0.25) is 9.78 Å². The predicted octanol–water partition coefficient (Wildman–Crippen LogP) is 5.06. The molecule has 41 heavy (non-hydrogen) atoms. The Balaban J connectivity index is 0.00000108. The summed E-state index contributed by atoms with van der Waals surface area (Å²) in [6.07, 6.45) is 4.86. The minimum absolute atomic E-state index is 0.0545. The van der Waals surface area contributed by atoms with E-state index in [1.807, 2.05) is 42.1 Å². The summed E-state index contributed by atoms with van der Waals surface area (Å²) < 4.78 is 25.6. The molecule has 10 heteroatoms. The van der Waals surface area contributed by atoms with Crippen molar-refractivity contribution in [3.05, 3.63) is 59.9 Å². The van der Waals surface area contributed by atoms with Gasteiger partial charge in [0.1, 0.15) is 29.2 Å². The van der Waals surface area contributed by atoms with Crippen LogP contribution in [0.2, 0.25) is 0 Å². The Morgan fingerprint density at radius 1 is 1.15 bits per heavy atom. The molecule has 3 aromatic heterocycles. The number of carbonyl (C=O) groups is 1. The number of nitrogens with one attached hydrogen (secondary N) is 1. The SMILES string of the molecule is CNC.COc1cc(C(=O)N2CCCC2)cnc1-c1cc2nccc(-c3ccc(N4CC[C@@H](F)C4)c(C#N)c3)c2o1. The number of methoxy groups -OCH3 is 1. The number of amides is 1. The summed E-state index contributed by atoms with van der Waals surface area (Å²) in [6.45, 7) is 2.40. The number of halogens is 1. The number of rotatable bonds is 5. The number of benzene rings is 1. The molecule has 1 amide bonds. The molecule has 0 aliphatic carbocycles. The number of nitrogens with zero attached hydrogens (tertiary/aromatic N) is 5. The van der Waals surface area contributed by atoms with Crippen LogP contribution in [0.5, 0.6) is 5.75 Å². The third kappa shape index (κ3) is 5.72. The maximum Gasteiger partial charge on any atom is 0.255 e. The zero-order valence-corrected chi connectivity index (χ0v) is 23.5. The van der Waals surface area contributed by atoms with Gasteiger partial charge in [0, 0.05) is 50.2 Å². The molecule has 0 unspecified atom stereocenters. The van der Waals surface area contributed by atoms with Crippen LogP contribution in [-0.2, 0) is 0 Å². The lowest BCUT2D eigenvalue weighted by molar-refractivity contribution is 0.0792. The minimum atomic E-state index is -0.874. The Morgan fingerprint density at radius 2 is 1.93 bits per heavy atom. The molecule has 0 saturated carbocycles. The molecule has 2 fully saturated rings. The Morgan fingerprint density at radius 3 is 2.61 bits per heavy atom. The van der Waals surface area contributed by atoms with E-state index in [1.54, 1.807) is 30.6 Å². The Bertz CT molecular complexity index is 1590. The average molecular weight is 557 g/mol. The largest absolute Gasteiger partial charge is 0.494 e. The van der Waals surface area contributed by atoms with Crippen molar-refractivity contribution in [1.82, 2.24) is 20.2 Å². The van der Waals surface area contributed by atoms with Gasteiger partial charge in [-0.2, -0.15) is 5.26 Å². The highest BCUT2D eigenvalue weighted by Crippen LogP contribution is 2.38. The standard InChI is InChI=1S/C29H26FN5O3.C2H7N/c1-37-25-13-20(29(36)34-9-2-3-10-34)16-33-27(25)26-14-23-28(38-26)22(6-8-32-23)18-4-5-24(19(12-18)15-31)35-11-7-21(30)17-35;1-3-2/h4-6,8,12-14,16,21H,2-3,7,9-11,17H2,1H3;3H,1-2H3/t21-;/m1./s1. The van der Waals surface area contributed by atoms with Crippen molar-refractivity contribution in [2.24, 2.45) is 0 Å². The third-order valence-electron chi connectivity index (χ3n) is 7.26. The number of carbonyl (C=O) groups excluding carboxylic acids is 1. The molecular weight excluding hydrogens is 523 g/mol. The summed E-state index contributed by atoms with van der Waals surface area (Å²) in [5.74, 6) is 0.838. The fourth-order valence-corrected chi connectivity index (χ4v) is 5.29. The van der Waals surface area contributed by atoms with E-state index in [2.05, 4.69) is 21.4 Å². The first kappa shape index (κ1) is 28.1. The second-order valence-corrected chi connectivity index (χ2v) is 10.1. The molecule has 9 nitrogen and oxygen atoms in total. The van der Waals surface area contributed by atoms with Gasteiger partial charge >= 0.3 is 0 Å². The van der Waals surface area contributed by atoms with Crippen LogP contribution < -0.4 is 15.0 Å². The average Bonchev–Trinajstić information content (AvgIpc) is 3.77. The molecule has 5 heterocycles. The Kier molecular flexibility index (Phi) is 8.45. The summed E-state index contributed by atoms with van der Waals surface area (Å²) >= 11 is 0. The molecule has 2 aliphatic heterocycles. The number of aromatic nitrogens is 2. The maximum atomic E-state index is 13.8. The van der Waals surface area contributed by atoms with Gasteiger partial charge in [0.05, 0.1) is 23.9 Å². The predicted molar refractivity (Wildman–Crippen MR) is 156 cm³/mol. The molecule has 6 rings (SSSR count). The minimum Gasteiger partial charge on any atom is -0.494 e. The topological polar surface area (TPSA) is 108 Å². The molecular formula is C31H33FN6O3. The summed E-state index contributed by atoms with van der Waals surface area (Å²) in [5, 5.41) is 12.6. The van der Waals surface area contributed by atoms with Crippen molar-refractivity contribution < 1.29 is 18.3 Å². The van der Waals surface area contributed by atoms with Crippen LogP contribution in [0.4, 0.5) is 10.1 Å². The van der Waals surface area contributed by atoms with E-state index in [0.29, 0.717) is 58.9 Å². The van der Waals surface area contributed by atoms with Crippen molar-refractivity contribution in [3.8, 4) is 34.4 Å². The summed E-state index contributed by atoms with van der Waals surface area (Å²) in [5.41, 5.74) is 4.90. The van der Waals surface area contributed by atoms with Gasteiger partial charge in [-0.25, -0.2) is 9.37 Å². The molecule has 0 radical (unpaired) electrons. The monoisotopic (exact) mass is 556 g/mol. The summed E-state index contributed by atoms with van der Waals surface area (Å²) in [6, 6.07) is 13.2.